The van der Waals surface area contributed by atoms with Crippen molar-refractivity contribution in [1.82, 2.24) is 15.5 Å². The van der Waals surface area contributed by atoms with Gasteiger partial charge in [-0.05, 0) is 38.4 Å². The van der Waals surface area contributed by atoms with Crippen molar-refractivity contribution in [2.75, 3.05) is 12.3 Å². The molecule has 1 aliphatic heterocycles. The number of nitrogens with zero attached hydrogens (tertiary/aromatic N) is 2. The average molecular weight is 225 g/mol. The zero-order valence-corrected chi connectivity index (χ0v) is 9.59. The second-order valence-corrected chi connectivity index (χ2v) is 5.26. The average Bonchev–Trinajstić information content (AvgIpc) is 2.71. The standard InChI is InChI=1S/C10H15N3OS/c1-8-4-5-10(13-12-8)15(14)7-9-3-2-6-11-9/h4-5,9,11H,2-3,6-7H2,1H3/t9-,15+/m1/s1. The fraction of sp³-hybridized carbons (Fsp3) is 0.600. The zero-order chi connectivity index (χ0) is 10.7. The number of rotatable bonds is 3. The smallest absolute Gasteiger partial charge is 0.149 e. The fourth-order valence-corrected chi connectivity index (χ4v) is 2.85. The highest BCUT2D eigenvalue weighted by atomic mass is 32.2. The first-order chi connectivity index (χ1) is 7.25. The van der Waals surface area contributed by atoms with Crippen LogP contribution >= 0.6 is 0 Å². The predicted molar refractivity (Wildman–Crippen MR) is 59.1 cm³/mol. The molecule has 2 heterocycles. The fourth-order valence-electron chi connectivity index (χ4n) is 1.68. The topological polar surface area (TPSA) is 54.9 Å². The maximum absolute atomic E-state index is 11.9. The van der Waals surface area contributed by atoms with Crippen LogP contribution in [-0.4, -0.2) is 32.7 Å². The largest absolute Gasteiger partial charge is 0.313 e. The van der Waals surface area contributed by atoms with Gasteiger partial charge in [0.05, 0.1) is 16.5 Å². The molecule has 1 aliphatic rings. The Morgan fingerprint density at radius 1 is 1.53 bits per heavy atom. The molecule has 0 unspecified atom stereocenters. The lowest BCUT2D eigenvalue weighted by Gasteiger charge is -2.08. The van der Waals surface area contributed by atoms with Crippen molar-refractivity contribution in [2.45, 2.75) is 30.8 Å². The van der Waals surface area contributed by atoms with Crippen molar-refractivity contribution < 1.29 is 4.21 Å². The van der Waals surface area contributed by atoms with Crippen molar-refractivity contribution in [2.24, 2.45) is 0 Å². The Morgan fingerprint density at radius 2 is 2.40 bits per heavy atom. The summed E-state index contributed by atoms with van der Waals surface area (Å²) in [5, 5.41) is 11.8. The van der Waals surface area contributed by atoms with E-state index in [4.69, 9.17) is 0 Å². The highest BCUT2D eigenvalue weighted by molar-refractivity contribution is 7.85. The van der Waals surface area contributed by atoms with Gasteiger partial charge in [0.25, 0.3) is 0 Å². The van der Waals surface area contributed by atoms with Gasteiger partial charge in [-0.3, -0.25) is 4.21 Å². The highest BCUT2D eigenvalue weighted by Crippen LogP contribution is 2.10. The molecule has 0 aromatic carbocycles. The Bertz CT molecular complexity index is 346. The normalized spacial score (nSPS) is 22.9. The number of nitrogens with one attached hydrogen (secondary N) is 1. The minimum atomic E-state index is -1.02. The summed E-state index contributed by atoms with van der Waals surface area (Å²) in [7, 11) is -1.02. The van der Waals surface area contributed by atoms with Gasteiger partial charge in [0, 0.05) is 11.8 Å². The number of aryl methyl sites for hydroxylation is 1. The molecule has 0 saturated carbocycles. The summed E-state index contributed by atoms with van der Waals surface area (Å²) < 4.78 is 11.9. The van der Waals surface area contributed by atoms with Crippen LogP contribution in [0.4, 0.5) is 0 Å². The maximum Gasteiger partial charge on any atom is 0.149 e. The molecule has 1 aromatic heterocycles. The SMILES string of the molecule is Cc1ccc([S@@](=O)C[C@H]2CCCN2)nn1. The minimum absolute atomic E-state index is 0.383. The van der Waals surface area contributed by atoms with E-state index in [9.17, 15) is 4.21 Å². The predicted octanol–water partition coefficient (Wildman–Crippen LogP) is 0.645. The molecule has 1 N–H and O–H groups in total. The third-order valence-electron chi connectivity index (χ3n) is 2.52. The summed E-state index contributed by atoms with van der Waals surface area (Å²) >= 11 is 0. The van der Waals surface area contributed by atoms with Gasteiger partial charge in [0.1, 0.15) is 5.03 Å². The van der Waals surface area contributed by atoms with Gasteiger partial charge in [-0.15, -0.1) is 5.10 Å². The molecule has 0 bridgehead atoms. The van der Waals surface area contributed by atoms with Crippen LogP contribution < -0.4 is 5.32 Å². The molecule has 0 radical (unpaired) electrons. The van der Waals surface area contributed by atoms with Crippen LogP contribution in [0.1, 0.15) is 18.5 Å². The summed E-state index contributed by atoms with van der Waals surface area (Å²) in [6.07, 6.45) is 2.30. The van der Waals surface area contributed by atoms with Crippen molar-refractivity contribution in [3.05, 3.63) is 17.8 Å². The highest BCUT2D eigenvalue weighted by Gasteiger charge is 2.18. The summed E-state index contributed by atoms with van der Waals surface area (Å²) in [5.74, 6) is 0.651. The van der Waals surface area contributed by atoms with E-state index in [2.05, 4.69) is 15.5 Å². The van der Waals surface area contributed by atoms with Gasteiger partial charge in [-0.1, -0.05) is 0 Å². The monoisotopic (exact) mass is 225 g/mol. The van der Waals surface area contributed by atoms with E-state index in [0.717, 1.165) is 18.7 Å². The molecule has 2 atom stereocenters. The summed E-state index contributed by atoms with van der Waals surface area (Å²) in [6.45, 7) is 2.92. The molecule has 0 amide bonds. The van der Waals surface area contributed by atoms with Crippen LogP contribution in [0, 0.1) is 6.92 Å². The van der Waals surface area contributed by atoms with E-state index in [-0.39, 0.29) is 0 Å². The van der Waals surface area contributed by atoms with Crippen LogP contribution in [0.25, 0.3) is 0 Å². The van der Waals surface area contributed by atoms with Crippen molar-refractivity contribution in [3.8, 4) is 0 Å². The van der Waals surface area contributed by atoms with Crippen LogP contribution in [0.3, 0.4) is 0 Å². The van der Waals surface area contributed by atoms with E-state index in [1.165, 1.54) is 6.42 Å². The third kappa shape index (κ3) is 2.82. The number of aromatic nitrogens is 2. The van der Waals surface area contributed by atoms with Gasteiger partial charge in [0.2, 0.25) is 0 Å². The lowest BCUT2D eigenvalue weighted by atomic mass is 10.3. The lowest BCUT2D eigenvalue weighted by Crippen LogP contribution is -2.27. The first-order valence-electron chi connectivity index (χ1n) is 5.18. The van der Waals surface area contributed by atoms with E-state index >= 15 is 0 Å². The second kappa shape index (κ2) is 4.81. The van der Waals surface area contributed by atoms with Gasteiger partial charge < -0.3 is 5.32 Å². The Balaban J connectivity index is 1.98. The first kappa shape index (κ1) is 10.7. The Morgan fingerprint density at radius 3 is 3.00 bits per heavy atom. The Kier molecular flexibility index (Phi) is 3.43. The number of hydrogen-bond donors (Lipinski definition) is 1. The maximum atomic E-state index is 11.9. The molecule has 0 spiro atoms. The molecule has 15 heavy (non-hydrogen) atoms. The van der Waals surface area contributed by atoms with Crippen molar-refractivity contribution in [3.63, 3.8) is 0 Å². The molecule has 82 valence electrons. The summed E-state index contributed by atoms with van der Waals surface area (Å²) in [6, 6.07) is 4.03. The third-order valence-corrected chi connectivity index (χ3v) is 3.91. The molecule has 1 fully saturated rings. The van der Waals surface area contributed by atoms with E-state index in [1.807, 2.05) is 13.0 Å². The molecule has 2 rings (SSSR count). The van der Waals surface area contributed by atoms with E-state index in [1.54, 1.807) is 6.07 Å². The molecule has 5 heteroatoms. The van der Waals surface area contributed by atoms with E-state index in [0.29, 0.717) is 16.8 Å². The van der Waals surface area contributed by atoms with Crippen LogP contribution in [0.15, 0.2) is 17.2 Å². The summed E-state index contributed by atoms with van der Waals surface area (Å²) in [5.41, 5.74) is 0.856. The first-order valence-corrected chi connectivity index (χ1v) is 6.50. The second-order valence-electron chi connectivity index (χ2n) is 3.82. The molecular formula is C10H15N3OS. The lowest BCUT2D eigenvalue weighted by molar-refractivity contribution is 0.639. The van der Waals surface area contributed by atoms with Gasteiger partial charge >= 0.3 is 0 Å². The molecule has 0 aliphatic carbocycles. The zero-order valence-electron chi connectivity index (χ0n) is 8.77. The van der Waals surface area contributed by atoms with Gasteiger partial charge in [-0.2, -0.15) is 5.10 Å². The molecule has 1 aromatic rings. The minimum Gasteiger partial charge on any atom is -0.313 e. The van der Waals surface area contributed by atoms with Crippen molar-refractivity contribution >= 4 is 10.8 Å². The Labute approximate surface area is 91.9 Å². The van der Waals surface area contributed by atoms with Crippen LogP contribution in [-0.2, 0) is 10.8 Å². The molecule has 1 saturated heterocycles. The van der Waals surface area contributed by atoms with Gasteiger partial charge in [0.15, 0.2) is 0 Å². The Hall–Kier alpha value is -0.810. The molecule has 4 nitrogen and oxygen atoms in total. The van der Waals surface area contributed by atoms with Crippen molar-refractivity contribution in [1.29, 1.82) is 0 Å². The number of hydrogen-bond acceptors (Lipinski definition) is 4. The van der Waals surface area contributed by atoms with Gasteiger partial charge in [-0.25, -0.2) is 0 Å². The molecular weight excluding hydrogens is 210 g/mol. The van der Waals surface area contributed by atoms with Crippen LogP contribution in [0.2, 0.25) is 0 Å². The van der Waals surface area contributed by atoms with E-state index < -0.39 is 10.8 Å². The van der Waals surface area contributed by atoms with Crippen LogP contribution in [0.5, 0.6) is 0 Å². The quantitative estimate of drug-likeness (QED) is 0.820. The summed E-state index contributed by atoms with van der Waals surface area (Å²) in [4.78, 5) is 0.